The van der Waals surface area contributed by atoms with Gasteiger partial charge < -0.3 is 9.32 Å². The van der Waals surface area contributed by atoms with Crippen molar-refractivity contribution in [1.82, 2.24) is 15.1 Å². The van der Waals surface area contributed by atoms with Gasteiger partial charge in [-0.05, 0) is 42.7 Å². The fraction of sp³-hybridized carbons (Fsp3) is 0.250. The molecule has 1 saturated carbocycles. The maximum Gasteiger partial charge on any atom is 0.249 e. The minimum absolute atomic E-state index is 0.0828. The lowest BCUT2D eigenvalue weighted by atomic mass is 10.1. The van der Waals surface area contributed by atoms with Gasteiger partial charge >= 0.3 is 0 Å². The summed E-state index contributed by atoms with van der Waals surface area (Å²) >= 11 is 6.16. The Hall–Kier alpha value is -2.73. The maximum atomic E-state index is 13.4. The summed E-state index contributed by atoms with van der Waals surface area (Å²) in [6, 6.07) is 13.5. The van der Waals surface area contributed by atoms with Gasteiger partial charge in [-0.3, -0.25) is 4.79 Å². The Morgan fingerprint density at radius 3 is 2.74 bits per heavy atom. The molecule has 0 spiro atoms. The van der Waals surface area contributed by atoms with E-state index in [4.69, 9.17) is 16.0 Å². The van der Waals surface area contributed by atoms with E-state index in [9.17, 15) is 9.18 Å². The molecule has 0 aliphatic heterocycles. The van der Waals surface area contributed by atoms with E-state index in [1.807, 2.05) is 12.1 Å². The van der Waals surface area contributed by atoms with E-state index in [2.05, 4.69) is 10.2 Å². The zero-order valence-corrected chi connectivity index (χ0v) is 15.2. The summed E-state index contributed by atoms with van der Waals surface area (Å²) in [5.74, 6) is 0.244. The van der Waals surface area contributed by atoms with Crippen LogP contribution in [-0.4, -0.2) is 27.0 Å². The van der Waals surface area contributed by atoms with Crippen LogP contribution < -0.4 is 0 Å². The van der Waals surface area contributed by atoms with Crippen LogP contribution in [0, 0.1) is 5.82 Å². The molecule has 1 amide bonds. The van der Waals surface area contributed by atoms with Gasteiger partial charge in [0.25, 0.3) is 0 Å². The number of carbonyl (C=O) groups is 1. The number of nitrogens with zero attached hydrogens (tertiary/aromatic N) is 3. The van der Waals surface area contributed by atoms with Crippen LogP contribution in [0.5, 0.6) is 0 Å². The van der Waals surface area contributed by atoms with Gasteiger partial charge in [-0.25, -0.2) is 4.39 Å². The van der Waals surface area contributed by atoms with Crippen molar-refractivity contribution >= 4 is 17.5 Å². The van der Waals surface area contributed by atoms with Gasteiger partial charge in [-0.1, -0.05) is 35.9 Å². The summed E-state index contributed by atoms with van der Waals surface area (Å²) in [7, 11) is 0. The van der Waals surface area contributed by atoms with Crippen LogP contribution in [0.25, 0.3) is 11.5 Å². The number of amides is 1. The quantitative estimate of drug-likeness (QED) is 0.636. The van der Waals surface area contributed by atoms with Gasteiger partial charge in [-0.15, -0.1) is 10.2 Å². The third kappa shape index (κ3) is 4.17. The average Bonchev–Trinajstić information content (AvgIpc) is 3.38. The molecule has 0 bridgehead atoms. The number of carbonyl (C=O) groups excluding carboxylic acids is 1. The zero-order valence-electron chi connectivity index (χ0n) is 14.4. The van der Waals surface area contributed by atoms with Crippen molar-refractivity contribution < 1.29 is 13.6 Å². The van der Waals surface area contributed by atoms with Gasteiger partial charge in [0, 0.05) is 6.04 Å². The Morgan fingerprint density at radius 1 is 1.19 bits per heavy atom. The third-order valence-corrected chi connectivity index (χ3v) is 4.76. The molecule has 1 fully saturated rings. The summed E-state index contributed by atoms with van der Waals surface area (Å²) in [4.78, 5) is 14.5. The molecule has 27 heavy (non-hydrogen) atoms. The van der Waals surface area contributed by atoms with Crippen LogP contribution in [0.2, 0.25) is 5.02 Å². The predicted molar refractivity (Wildman–Crippen MR) is 98.4 cm³/mol. The second kappa shape index (κ2) is 7.48. The Bertz CT molecular complexity index is 971. The summed E-state index contributed by atoms with van der Waals surface area (Å²) in [5.41, 5.74) is 1.30. The highest BCUT2D eigenvalue weighted by atomic mass is 35.5. The average molecular weight is 386 g/mol. The smallest absolute Gasteiger partial charge is 0.249 e. The fourth-order valence-electron chi connectivity index (χ4n) is 2.94. The number of benzene rings is 2. The number of aromatic nitrogens is 2. The molecule has 0 N–H and O–H groups in total. The summed E-state index contributed by atoms with van der Waals surface area (Å²) in [5, 5.41) is 8.63. The summed E-state index contributed by atoms with van der Waals surface area (Å²) in [6.45, 7) is 0.232. The van der Waals surface area contributed by atoms with Crippen molar-refractivity contribution in [2.45, 2.75) is 31.8 Å². The molecule has 0 atom stereocenters. The molecule has 0 unspecified atom stereocenters. The van der Waals surface area contributed by atoms with E-state index >= 15 is 0 Å². The topological polar surface area (TPSA) is 59.2 Å². The first-order chi connectivity index (χ1) is 13.1. The SMILES string of the molecule is O=C(Cc1cccc(F)c1)N(Cc1nnc(-c2ccccc2Cl)o1)C1CC1. The number of halogens is 2. The van der Waals surface area contributed by atoms with Crippen LogP contribution in [-0.2, 0) is 17.8 Å². The molecule has 138 valence electrons. The molecule has 1 aromatic heterocycles. The minimum atomic E-state index is -0.348. The molecule has 4 rings (SSSR count). The van der Waals surface area contributed by atoms with Gasteiger partial charge in [0.2, 0.25) is 17.7 Å². The van der Waals surface area contributed by atoms with Crippen LogP contribution in [0.1, 0.15) is 24.3 Å². The molecule has 1 heterocycles. The molecule has 1 aliphatic carbocycles. The lowest BCUT2D eigenvalue weighted by Crippen LogP contribution is -2.34. The summed E-state index contributed by atoms with van der Waals surface area (Å²) < 4.78 is 19.1. The van der Waals surface area contributed by atoms with E-state index in [0.29, 0.717) is 27.9 Å². The summed E-state index contributed by atoms with van der Waals surface area (Å²) in [6.07, 6.45) is 2.03. The Labute approximate surface area is 160 Å². The van der Waals surface area contributed by atoms with Gasteiger partial charge in [-0.2, -0.15) is 0 Å². The van der Waals surface area contributed by atoms with Crippen LogP contribution in [0.4, 0.5) is 4.39 Å². The molecule has 2 aromatic carbocycles. The van der Waals surface area contributed by atoms with Crippen LogP contribution in [0.3, 0.4) is 0 Å². The highest BCUT2D eigenvalue weighted by Crippen LogP contribution is 2.30. The Balaban J connectivity index is 1.49. The molecular weight excluding hydrogens is 369 g/mol. The monoisotopic (exact) mass is 385 g/mol. The fourth-order valence-corrected chi connectivity index (χ4v) is 3.15. The van der Waals surface area contributed by atoms with Crippen molar-refractivity contribution in [2.75, 3.05) is 0 Å². The molecule has 3 aromatic rings. The lowest BCUT2D eigenvalue weighted by Gasteiger charge is -2.20. The van der Waals surface area contributed by atoms with E-state index in [-0.39, 0.29) is 30.7 Å². The molecular formula is C20H17ClFN3O2. The van der Waals surface area contributed by atoms with E-state index in [1.165, 1.54) is 12.1 Å². The van der Waals surface area contributed by atoms with Crippen molar-refractivity contribution in [3.63, 3.8) is 0 Å². The van der Waals surface area contributed by atoms with Crippen molar-refractivity contribution in [2.24, 2.45) is 0 Å². The van der Waals surface area contributed by atoms with E-state index in [1.54, 1.807) is 29.2 Å². The molecule has 0 radical (unpaired) electrons. The highest BCUT2D eigenvalue weighted by Gasteiger charge is 2.33. The zero-order chi connectivity index (χ0) is 18.8. The maximum absolute atomic E-state index is 13.4. The van der Waals surface area contributed by atoms with Gasteiger partial charge in [0.15, 0.2) is 0 Å². The van der Waals surface area contributed by atoms with E-state index < -0.39 is 0 Å². The second-order valence-corrected chi connectivity index (χ2v) is 6.95. The second-order valence-electron chi connectivity index (χ2n) is 6.54. The lowest BCUT2D eigenvalue weighted by molar-refractivity contribution is -0.132. The van der Waals surface area contributed by atoms with Crippen molar-refractivity contribution in [3.8, 4) is 11.5 Å². The van der Waals surface area contributed by atoms with Crippen LogP contribution >= 0.6 is 11.6 Å². The van der Waals surface area contributed by atoms with Gasteiger partial charge in [0.1, 0.15) is 5.82 Å². The highest BCUT2D eigenvalue weighted by molar-refractivity contribution is 6.33. The first-order valence-electron chi connectivity index (χ1n) is 8.71. The molecule has 5 nitrogen and oxygen atoms in total. The number of rotatable bonds is 6. The third-order valence-electron chi connectivity index (χ3n) is 4.43. The largest absolute Gasteiger partial charge is 0.419 e. The normalized spacial score (nSPS) is 13.6. The number of hydrogen-bond donors (Lipinski definition) is 0. The standard InChI is InChI=1S/C20H17ClFN3O2/c21-17-7-2-1-6-16(17)20-24-23-18(27-20)12-25(15-8-9-15)19(26)11-13-4-3-5-14(22)10-13/h1-7,10,15H,8-9,11-12H2. The van der Waals surface area contributed by atoms with Gasteiger partial charge in [0.05, 0.1) is 23.6 Å². The predicted octanol–water partition coefficient (Wildman–Crippen LogP) is 4.26. The first kappa shape index (κ1) is 17.7. The first-order valence-corrected chi connectivity index (χ1v) is 9.09. The van der Waals surface area contributed by atoms with Crippen LogP contribution in [0.15, 0.2) is 52.9 Å². The minimum Gasteiger partial charge on any atom is -0.419 e. The molecule has 0 saturated heterocycles. The van der Waals surface area contributed by atoms with Crippen molar-refractivity contribution in [1.29, 1.82) is 0 Å². The van der Waals surface area contributed by atoms with E-state index in [0.717, 1.165) is 12.8 Å². The number of hydrogen-bond acceptors (Lipinski definition) is 4. The Morgan fingerprint density at radius 2 is 2.00 bits per heavy atom. The Kier molecular flexibility index (Phi) is 4.90. The molecule has 1 aliphatic rings. The van der Waals surface area contributed by atoms with Crippen molar-refractivity contribution in [3.05, 3.63) is 70.8 Å². The molecule has 7 heteroatoms.